The largest absolute Gasteiger partial charge is 0.349 e. The normalized spacial score (nSPS) is 10.9. The monoisotopic (exact) mass is 302 g/mol. The van der Waals surface area contributed by atoms with E-state index in [-0.39, 0.29) is 29.4 Å². The number of fused-ring (bicyclic) bond motifs is 1. The zero-order chi connectivity index (χ0) is 16.1. The molecule has 2 N–H and O–H groups in total. The van der Waals surface area contributed by atoms with Crippen LogP contribution in [0.3, 0.4) is 0 Å². The van der Waals surface area contributed by atoms with Crippen molar-refractivity contribution in [3.05, 3.63) is 35.9 Å². The first-order chi connectivity index (χ1) is 10.5. The van der Waals surface area contributed by atoms with E-state index < -0.39 is 0 Å². The molecule has 0 aliphatic heterocycles. The number of nitrogens with zero attached hydrogens (tertiary/aromatic N) is 2. The van der Waals surface area contributed by atoms with Crippen LogP contribution in [0.5, 0.6) is 0 Å². The molecule has 0 saturated carbocycles. The number of rotatable bonds is 6. The fraction of sp³-hybridized carbons (Fsp3) is 0.438. The van der Waals surface area contributed by atoms with Gasteiger partial charge in [0.25, 0.3) is 11.8 Å². The van der Waals surface area contributed by atoms with Crippen LogP contribution in [0.15, 0.2) is 24.4 Å². The zero-order valence-corrected chi connectivity index (χ0v) is 13.2. The molecule has 0 aliphatic rings. The van der Waals surface area contributed by atoms with E-state index in [1.54, 1.807) is 16.7 Å². The predicted octanol–water partition coefficient (Wildman–Crippen LogP) is 2.00. The Bertz CT molecular complexity index is 676. The summed E-state index contributed by atoms with van der Waals surface area (Å²) >= 11 is 0. The van der Waals surface area contributed by atoms with Crippen LogP contribution in [-0.4, -0.2) is 33.8 Å². The Labute approximate surface area is 129 Å². The Morgan fingerprint density at radius 2 is 2.05 bits per heavy atom. The van der Waals surface area contributed by atoms with E-state index in [0.29, 0.717) is 12.1 Å². The van der Waals surface area contributed by atoms with Gasteiger partial charge in [-0.05, 0) is 32.4 Å². The third-order valence-electron chi connectivity index (χ3n) is 3.20. The van der Waals surface area contributed by atoms with Crippen molar-refractivity contribution in [2.45, 2.75) is 39.7 Å². The van der Waals surface area contributed by atoms with E-state index in [4.69, 9.17) is 0 Å². The number of nitrogens with one attached hydrogen (secondary N) is 2. The summed E-state index contributed by atoms with van der Waals surface area (Å²) in [6, 6.07) is 5.42. The van der Waals surface area contributed by atoms with Crippen molar-refractivity contribution in [3.8, 4) is 0 Å². The lowest BCUT2D eigenvalue weighted by molar-refractivity contribution is 0.0940. The summed E-state index contributed by atoms with van der Waals surface area (Å²) in [6.45, 7) is 6.43. The fourth-order valence-corrected chi connectivity index (χ4v) is 2.15. The molecule has 0 aromatic carbocycles. The fourth-order valence-electron chi connectivity index (χ4n) is 2.15. The lowest BCUT2D eigenvalue weighted by Crippen LogP contribution is -2.30. The second-order valence-corrected chi connectivity index (χ2v) is 5.48. The van der Waals surface area contributed by atoms with Gasteiger partial charge >= 0.3 is 0 Å². The number of pyridine rings is 1. The average Bonchev–Trinajstić information content (AvgIpc) is 2.86. The third-order valence-corrected chi connectivity index (χ3v) is 3.20. The highest BCUT2D eigenvalue weighted by atomic mass is 16.2. The molecule has 22 heavy (non-hydrogen) atoms. The van der Waals surface area contributed by atoms with Crippen LogP contribution in [-0.2, 0) is 0 Å². The van der Waals surface area contributed by atoms with Gasteiger partial charge in [0.1, 0.15) is 0 Å². The minimum Gasteiger partial charge on any atom is -0.349 e. The molecule has 0 spiro atoms. The van der Waals surface area contributed by atoms with E-state index in [2.05, 4.69) is 22.5 Å². The van der Waals surface area contributed by atoms with Crippen molar-refractivity contribution in [3.63, 3.8) is 0 Å². The summed E-state index contributed by atoms with van der Waals surface area (Å²) in [5.74, 6) is -0.301. The highest BCUT2D eigenvalue weighted by molar-refractivity contribution is 6.02. The summed E-state index contributed by atoms with van der Waals surface area (Å²) in [4.78, 5) is 28.8. The van der Waals surface area contributed by atoms with Gasteiger partial charge in [-0.15, -0.1) is 0 Å². The quantitative estimate of drug-likeness (QED) is 0.801. The highest BCUT2D eigenvalue weighted by Gasteiger charge is 2.21. The van der Waals surface area contributed by atoms with Crippen LogP contribution >= 0.6 is 0 Å². The summed E-state index contributed by atoms with van der Waals surface area (Å²) in [5.41, 5.74) is 0.899. The lowest BCUT2D eigenvalue weighted by Gasteiger charge is -2.06. The van der Waals surface area contributed by atoms with Gasteiger partial charge in [0.15, 0.2) is 5.69 Å². The Morgan fingerprint density at radius 3 is 2.73 bits per heavy atom. The molecule has 0 bridgehead atoms. The van der Waals surface area contributed by atoms with E-state index in [1.807, 2.05) is 26.0 Å². The van der Waals surface area contributed by atoms with Crippen LogP contribution in [0.1, 0.15) is 54.7 Å². The number of carbonyl (C=O) groups is 2. The van der Waals surface area contributed by atoms with Gasteiger partial charge in [-0.25, -0.2) is 4.98 Å². The molecule has 2 rings (SSSR count). The summed E-state index contributed by atoms with van der Waals surface area (Å²) in [7, 11) is 0. The van der Waals surface area contributed by atoms with Crippen LogP contribution in [0.4, 0.5) is 0 Å². The van der Waals surface area contributed by atoms with Gasteiger partial charge in [-0.3, -0.25) is 14.0 Å². The van der Waals surface area contributed by atoms with Crippen molar-refractivity contribution in [1.29, 1.82) is 0 Å². The Kier molecular flexibility index (Phi) is 5.14. The van der Waals surface area contributed by atoms with Gasteiger partial charge < -0.3 is 10.6 Å². The standard InChI is InChI=1S/C16H22N4O2/c1-4-5-9-17-16(22)14-19-13(15(21)18-11(2)3)12-8-6-7-10-20(12)14/h6-8,10-11H,4-5,9H2,1-3H3,(H,17,22)(H,18,21). The van der Waals surface area contributed by atoms with Crippen molar-refractivity contribution in [2.24, 2.45) is 0 Å². The Hall–Kier alpha value is -2.37. The maximum Gasteiger partial charge on any atom is 0.287 e. The number of unbranched alkanes of at least 4 members (excludes halogenated alkanes) is 1. The number of aromatic nitrogens is 2. The lowest BCUT2D eigenvalue weighted by atomic mass is 10.3. The van der Waals surface area contributed by atoms with Crippen molar-refractivity contribution >= 4 is 17.3 Å². The number of amides is 2. The van der Waals surface area contributed by atoms with Crippen molar-refractivity contribution in [1.82, 2.24) is 20.0 Å². The molecule has 0 atom stereocenters. The average molecular weight is 302 g/mol. The van der Waals surface area contributed by atoms with Crippen LogP contribution in [0, 0.1) is 0 Å². The highest BCUT2D eigenvalue weighted by Crippen LogP contribution is 2.13. The number of hydrogen-bond donors (Lipinski definition) is 2. The second kappa shape index (κ2) is 7.06. The molecule has 2 aromatic rings. The molecular formula is C16H22N4O2. The van der Waals surface area contributed by atoms with Crippen LogP contribution in [0.2, 0.25) is 0 Å². The Balaban J connectivity index is 2.35. The molecule has 6 heteroatoms. The molecule has 2 heterocycles. The molecule has 0 aliphatic carbocycles. The second-order valence-electron chi connectivity index (χ2n) is 5.48. The Morgan fingerprint density at radius 1 is 1.27 bits per heavy atom. The van der Waals surface area contributed by atoms with Gasteiger partial charge in [-0.1, -0.05) is 19.4 Å². The van der Waals surface area contributed by atoms with E-state index in [1.165, 1.54) is 0 Å². The maximum atomic E-state index is 12.3. The zero-order valence-electron chi connectivity index (χ0n) is 13.2. The molecule has 118 valence electrons. The molecule has 2 aromatic heterocycles. The smallest absolute Gasteiger partial charge is 0.287 e. The van der Waals surface area contributed by atoms with Crippen LogP contribution < -0.4 is 10.6 Å². The van der Waals surface area contributed by atoms with Gasteiger partial charge in [0, 0.05) is 18.8 Å². The van der Waals surface area contributed by atoms with Crippen molar-refractivity contribution < 1.29 is 9.59 Å². The van der Waals surface area contributed by atoms with E-state index >= 15 is 0 Å². The maximum absolute atomic E-state index is 12.3. The first-order valence-electron chi connectivity index (χ1n) is 7.60. The van der Waals surface area contributed by atoms with Crippen LogP contribution in [0.25, 0.3) is 5.52 Å². The van der Waals surface area contributed by atoms with Gasteiger partial charge in [0.2, 0.25) is 5.82 Å². The first kappa shape index (κ1) is 16.0. The molecule has 0 unspecified atom stereocenters. The van der Waals surface area contributed by atoms with E-state index in [0.717, 1.165) is 12.8 Å². The molecule has 6 nitrogen and oxygen atoms in total. The number of hydrogen-bond acceptors (Lipinski definition) is 3. The number of imidazole rings is 1. The predicted molar refractivity (Wildman–Crippen MR) is 85.0 cm³/mol. The summed E-state index contributed by atoms with van der Waals surface area (Å²) in [5, 5.41) is 5.64. The van der Waals surface area contributed by atoms with Gasteiger partial charge in [-0.2, -0.15) is 0 Å². The minimum absolute atomic E-state index is 0.00907. The summed E-state index contributed by atoms with van der Waals surface area (Å²) < 4.78 is 1.65. The molecule has 0 saturated heterocycles. The molecule has 2 amide bonds. The minimum atomic E-state index is -0.272. The number of carbonyl (C=O) groups excluding carboxylic acids is 2. The van der Waals surface area contributed by atoms with Gasteiger partial charge in [0.05, 0.1) is 5.52 Å². The first-order valence-corrected chi connectivity index (χ1v) is 7.60. The third kappa shape index (κ3) is 3.44. The molecule has 0 radical (unpaired) electrons. The molecular weight excluding hydrogens is 280 g/mol. The topological polar surface area (TPSA) is 75.5 Å². The van der Waals surface area contributed by atoms with Crippen molar-refractivity contribution in [2.75, 3.05) is 6.54 Å². The molecule has 0 fully saturated rings. The van der Waals surface area contributed by atoms with E-state index in [9.17, 15) is 9.59 Å². The summed E-state index contributed by atoms with van der Waals surface area (Å²) in [6.07, 6.45) is 3.66. The SMILES string of the molecule is CCCCNC(=O)c1nc(C(=O)NC(C)C)c2ccccn12.